The van der Waals surface area contributed by atoms with Crippen LogP contribution in [0.5, 0.6) is 0 Å². The van der Waals surface area contributed by atoms with Crippen molar-refractivity contribution >= 4 is 0 Å². The maximum Gasteiger partial charge on any atom is 0.422 e. The van der Waals surface area contributed by atoms with Crippen LogP contribution in [-0.4, -0.2) is 23.6 Å². The molecule has 68 valence electrons. The van der Waals surface area contributed by atoms with Crippen molar-refractivity contribution in [3.05, 3.63) is 0 Å². The van der Waals surface area contributed by atoms with Crippen molar-refractivity contribution in [1.29, 1.82) is 0 Å². The van der Waals surface area contributed by atoms with Gasteiger partial charge in [-0.05, 0) is 19.8 Å². The molecule has 1 nitrogen and oxygen atoms in total. The summed E-state index contributed by atoms with van der Waals surface area (Å²) < 4.78 is 47.6. The molecule has 0 saturated heterocycles. The van der Waals surface area contributed by atoms with Crippen LogP contribution in [0, 0.1) is 0 Å². The summed E-state index contributed by atoms with van der Waals surface area (Å²) in [5, 5.41) is 8.16. The molecule has 1 unspecified atom stereocenters. The zero-order valence-electron chi connectivity index (χ0n) is 6.08. The van der Waals surface area contributed by atoms with Gasteiger partial charge in [0.15, 0.2) is 0 Å². The lowest BCUT2D eigenvalue weighted by Crippen LogP contribution is -2.37. The van der Waals surface area contributed by atoms with Crippen LogP contribution in [0.2, 0.25) is 0 Å². The Balaban J connectivity index is 4.00. The van der Waals surface area contributed by atoms with E-state index in [1.54, 1.807) is 0 Å². The molecule has 11 heavy (non-hydrogen) atoms. The van der Waals surface area contributed by atoms with E-state index in [1.807, 2.05) is 0 Å². The van der Waals surface area contributed by atoms with Gasteiger partial charge in [0.25, 0.3) is 0 Å². The SMILES string of the molecule is CC(F)(CCCO)C(F)(F)F. The van der Waals surface area contributed by atoms with Crippen LogP contribution in [0.15, 0.2) is 0 Å². The molecule has 0 aliphatic heterocycles. The number of aliphatic hydroxyl groups excluding tert-OH is 1. The smallest absolute Gasteiger partial charge is 0.396 e. The van der Waals surface area contributed by atoms with Crippen molar-refractivity contribution in [2.75, 3.05) is 6.61 Å². The number of rotatable bonds is 3. The number of halogens is 4. The summed E-state index contributed by atoms with van der Waals surface area (Å²) in [4.78, 5) is 0. The molecule has 1 N–H and O–H groups in total. The number of hydrogen-bond donors (Lipinski definition) is 1. The van der Waals surface area contributed by atoms with E-state index in [0.29, 0.717) is 6.92 Å². The molecule has 0 aromatic carbocycles. The minimum Gasteiger partial charge on any atom is -0.396 e. The molecular weight excluding hydrogens is 164 g/mol. The molecule has 0 aliphatic carbocycles. The van der Waals surface area contributed by atoms with Gasteiger partial charge in [-0.15, -0.1) is 0 Å². The second-order valence-corrected chi connectivity index (χ2v) is 2.52. The Morgan fingerprint density at radius 2 is 1.64 bits per heavy atom. The molecule has 0 bridgehead atoms. The lowest BCUT2D eigenvalue weighted by molar-refractivity contribution is -0.226. The minimum atomic E-state index is -4.83. The van der Waals surface area contributed by atoms with Crippen molar-refractivity contribution in [2.24, 2.45) is 0 Å². The molecule has 0 spiro atoms. The lowest BCUT2D eigenvalue weighted by Gasteiger charge is -2.22. The van der Waals surface area contributed by atoms with Crippen LogP contribution < -0.4 is 0 Å². The third kappa shape index (κ3) is 3.05. The number of hydrogen-bond acceptors (Lipinski definition) is 1. The molecule has 0 amide bonds. The van der Waals surface area contributed by atoms with E-state index in [1.165, 1.54) is 0 Å². The Morgan fingerprint density at radius 3 is 1.91 bits per heavy atom. The van der Waals surface area contributed by atoms with E-state index in [0.717, 1.165) is 0 Å². The van der Waals surface area contributed by atoms with Gasteiger partial charge in [0, 0.05) is 6.61 Å². The first-order valence-corrected chi connectivity index (χ1v) is 3.18. The molecule has 0 heterocycles. The number of aliphatic hydroxyl groups is 1. The summed E-state index contributed by atoms with van der Waals surface area (Å²) in [6.45, 7) is 0.0538. The topological polar surface area (TPSA) is 20.2 Å². The zero-order valence-corrected chi connectivity index (χ0v) is 6.08. The van der Waals surface area contributed by atoms with E-state index in [9.17, 15) is 17.6 Å². The maximum absolute atomic E-state index is 12.5. The Kier molecular flexibility index (Phi) is 3.29. The fourth-order valence-corrected chi connectivity index (χ4v) is 0.553. The van der Waals surface area contributed by atoms with Crippen LogP contribution in [0.1, 0.15) is 19.8 Å². The Morgan fingerprint density at radius 1 is 1.18 bits per heavy atom. The Labute approximate surface area is 62.0 Å². The van der Waals surface area contributed by atoms with E-state index >= 15 is 0 Å². The van der Waals surface area contributed by atoms with E-state index in [-0.39, 0.29) is 6.42 Å². The van der Waals surface area contributed by atoms with Gasteiger partial charge >= 0.3 is 6.18 Å². The van der Waals surface area contributed by atoms with E-state index < -0.39 is 24.9 Å². The van der Waals surface area contributed by atoms with Crippen LogP contribution in [0.4, 0.5) is 17.6 Å². The summed E-state index contributed by atoms with van der Waals surface area (Å²) in [7, 11) is 0. The molecule has 1 atom stereocenters. The van der Waals surface area contributed by atoms with Gasteiger partial charge in [0.2, 0.25) is 5.67 Å². The van der Waals surface area contributed by atoms with Crippen LogP contribution >= 0.6 is 0 Å². The molecule has 0 aromatic heterocycles. The summed E-state index contributed by atoms with van der Waals surface area (Å²) in [5.41, 5.74) is -3.17. The van der Waals surface area contributed by atoms with Crippen molar-refractivity contribution in [3.63, 3.8) is 0 Å². The highest BCUT2D eigenvalue weighted by Gasteiger charge is 2.51. The Bertz CT molecular complexity index is 118. The highest BCUT2D eigenvalue weighted by atomic mass is 19.4. The zero-order chi connectivity index (χ0) is 9.12. The lowest BCUT2D eigenvalue weighted by atomic mass is 10.0. The highest BCUT2D eigenvalue weighted by molar-refractivity contribution is 4.81. The van der Waals surface area contributed by atoms with Gasteiger partial charge in [0.05, 0.1) is 0 Å². The Hall–Kier alpha value is -0.320. The number of alkyl halides is 4. The standard InChI is InChI=1S/C6H10F4O/c1-5(7,3-2-4-11)6(8,9)10/h11H,2-4H2,1H3. The molecule has 0 aliphatic rings. The third-order valence-corrected chi connectivity index (χ3v) is 1.40. The first-order chi connectivity index (χ1) is 4.81. The largest absolute Gasteiger partial charge is 0.422 e. The first kappa shape index (κ1) is 10.7. The fraction of sp³-hybridized carbons (Fsp3) is 1.00. The normalized spacial score (nSPS) is 18.0. The van der Waals surface area contributed by atoms with Crippen molar-refractivity contribution in [2.45, 2.75) is 31.6 Å². The summed E-state index contributed by atoms with van der Waals surface area (Å²) in [6.07, 6.45) is -5.69. The van der Waals surface area contributed by atoms with Gasteiger partial charge in [-0.3, -0.25) is 0 Å². The molecule has 0 aromatic rings. The van der Waals surface area contributed by atoms with Crippen molar-refractivity contribution in [3.8, 4) is 0 Å². The van der Waals surface area contributed by atoms with E-state index in [2.05, 4.69) is 0 Å². The average Bonchev–Trinajstić information content (AvgIpc) is 1.81. The quantitative estimate of drug-likeness (QED) is 0.649. The van der Waals surface area contributed by atoms with Crippen molar-refractivity contribution in [1.82, 2.24) is 0 Å². The summed E-state index contributed by atoms with van der Waals surface area (Å²) in [5.74, 6) is 0. The van der Waals surface area contributed by atoms with Gasteiger partial charge < -0.3 is 5.11 Å². The maximum atomic E-state index is 12.5. The second kappa shape index (κ2) is 3.38. The predicted molar refractivity (Wildman–Crippen MR) is 31.9 cm³/mol. The van der Waals surface area contributed by atoms with E-state index in [4.69, 9.17) is 5.11 Å². The molecular formula is C6H10F4O. The van der Waals surface area contributed by atoms with Crippen molar-refractivity contribution < 1.29 is 22.7 Å². The first-order valence-electron chi connectivity index (χ1n) is 3.18. The second-order valence-electron chi connectivity index (χ2n) is 2.52. The average molecular weight is 174 g/mol. The van der Waals surface area contributed by atoms with Gasteiger partial charge in [-0.2, -0.15) is 13.2 Å². The third-order valence-electron chi connectivity index (χ3n) is 1.40. The van der Waals surface area contributed by atoms with Crippen LogP contribution in [0.3, 0.4) is 0 Å². The van der Waals surface area contributed by atoms with Gasteiger partial charge in [0.1, 0.15) is 0 Å². The minimum absolute atomic E-state index is 0.174. The fourth-order valence-electron chi connectivity index (χ4n) is 0.553. The highest BCUT2D eigenvalue weighted by Crippen LogP contribution is 2.36. The summed E-state index contributed by atoms with van der Waals surface area (Å²) in [6, 6.07) is 0. The summed E-state index contributed by atoms with van der Waals surface area (Å²) >= 11 is 0. The molecule has 0 fully saturated rings. The van der Waals surface area contributed by atoms with Crippen LogP contribution in [-0.2, 0) is 0 Å². The molecule has 0 saturated carbocycles. The van der Waals surface area contributed by atoms with Gasteiger partial charge in [-0.1, -0.05) is 0 Å². The monoisotopic (exact) mass is 174 g/mol. The van der Waals surface area contributed by atoms with Gasteiger partial charge in [-0.25, -0.2) is 4.39 Å². The van der Waals surface area contributed by atoms with Crippen LogP contribution in [0.25, 0.3) is 0 Å². The molecule has 0 radical (unpaired) electrons. The molecule has 0 rings (SSSR count). The predicted octanol–water partition coefficient (Wildman–Crippen LogP) is 2.05. The molecule has 5 heteroatoms.